The lowest BCUT2D eigenvalue weighted by molar-refractivity contribution is 0.102. The van der Waals surface area contributed by atoms with E-state index in [4.69, 9.17) is 11.6 Å². The van der Waals surface area contributed by atoms with Crippen LogP contribution in [0.4, 0.5) is 5.69 Å². The van der Waals surface area contributed by atoms with Crippen LogP contribution in [0, 0.1) is 11.3 Å². The topological polar surface area (TPSA) is 78.7 Å². The molecular weight excluding hydrogens is 452 g/mol. The third-order valence-corrected chi connectivity index (χ3v) is 6.53. The van der Waals surface area contributed by atoms with Crippen molar-refractivity contribution >= 4 is 44.7 Å². The van der Waals surface area contributed by atoms with Gasteiger partial charge in [0, 0.05) is 50.9 Å². The summed E-state index contributed by atoms with van der Waals surface area (Å²) >= 11 is 7.58. The van der Waals surface area contributed by atoms with Crippen molar-refractivity contribution in [2.45, 2.75) is 0 Å². The number of anilines is 1. The average molecular weight is 467 g/mol. The Balaban J connectivity index is 1.57. The summed E-state index contributed by atoms with van der Waals surface area (Å²) in [5.41, 5.74) is 4.98. The first kappa shape index (κ1) is 20.8. The maximum absolute atomic E-state index is 12.7. The van der Waals surface area contributed by atoms with Crippen molar-refractivity contribution in [1.82, 2.24) is 9.97 Å². The van der Waals surface area contributed by atoms with Crippen LogP contribution in [0.1, 0.15) is 15.9 Å². The number of aromatic nitrogens is 2. The number of nitrogens with one attached hydrogen (secondary N) is 1. The monoisotopic (exact) mass is 466 g/mol. The highest BCUT2D eigenvalue weighted by Gasteiger charge is 2.16. The fraction of sp³-hybridized carbons (Fsp3) is 0. The number of fused-ring (bicyclic) bond motifs is 1. The lowest BCUT2D eigenvalue weighted by Gasteiger charge is -2.10. The second-order valence-corrected chi connectivity index (χ2v) is 8.76. The molecule has 0 unspecified atom stereocenters. The highest BCUT2D eigenvalue weighted by Crippen LogP contribution is 2.40. The summed E-state index contributed by atoms with van der Waals surface area (Å²) in [6, 6.07) is 22.4. The first-order valence-corrected chi connectivity index (χ1v) is 11.2. The van der Waals surface area contributed by atoms with Gasteiger partial charge in [-0.3, -0.25) is 14.8 Å². The van der Waals surface area contributed by atoms with Crippen LogP contribution in [0.5, 0.6) is 0 Å². The summed E-state index contributed by atoms with van der Waals surface area (Å²) in [6.07, 6.45) is 5.13. The lowest BCUT2D eigenvalue weighted by atomic mass is 10.0. The van der Waals surface area contributed by atoms with Gasteiger partial charge in [-0.15, -0.1) is 11.3 Å². The van der Waals surface area contributed by atoms with E-state index in [0.29, 0.717) is 21.8 Å². The van der Waals surface area contributed by atoms with E-state index >= 15 is 0 Å². The third kappa shape index (κ3) is 4.20. The number of carbonyl (C=O) groups is 1. The number of rotatable bonds is 4. The number of halogens is 1. The van der Waals surface area contributed by atoms with Gasteiger partial charge in [0.2, 0.25) is 0 Å². The van der Waals surface area contributed by atoms with Gasteiger partial charge < -0.3 is 5.32 Å². The molecule has 3 aromatic heterocycles. The fourth-order valence-corrected chi connectivity index (χ4v) is 4.95. The number of hydrogen-bond acceptors (Lipinski definition) is 5. The molecule has 0 spiro atoms. The van der Waals surface area contributed by atoms with Gasteiger partial charge in [0.15, 0.2) is 0 Å². The van der Waals surface area contributed by atoms with E-state index in [2.05, 4.69) is 21.4 Å². The Bertz CT molecular complexity index is 1540. The minimum absolute atomic E-state index is 0.259. The quantitative estimate of drug-likeness (QED) is 0.316. The summed E-state index contributed by atoms with van der Waals surface area (Å²) in [4.78, 5) is 22.4. The molecule has 5 rings (SSSR count). The van der Waals surface area contributed by atoms with Gasteiger partial charge in [0.25, 0.3) is 5.91 Å². The zero-order valence-corrected chi connectivity index (χ0v) is 18.7. The van der Waals surface area contributed by atoms with Gasteiger partial charge in [0.1, 0.15) is 6.07 Å². The predicted molar refractivity (Wildman–Crippen MR) is 132 cm³/mol. The normalized spacial score (nSPS) is 10.7. The van der Waals surface area contributed by atoms with E-state index in [-0.39, 0.29) is 5.91 Å². The second kappa shape index (κ2) is 8.83. The average Bonchev–Trinajstić information content (AvgIpc) is 3.28. The van der Waals surface area contributed by atoms with Gasteiger partial charge in [-0.25, -0.2) is 0 Å². The Morgan fingerprint density at radius 3 is 2.64 bits per heavy atom. The molecule has 2 aromatic carbocycles. The van der Waals surface area contributed by atoms with E-state index in [0.717, 1.165) is 31.8 Å². The van der Waals surface area contributed by atoms with Crippen LogP contribution in [0.3, 0.4) is 0 Å². The van der Waals surface area contributed by atoms with Gasteiger partial charge in [0.05, 0.1) is 15.8 Å². The molecule has 0 atom stereocenters. The highest BCUT2D eigenvalue weighted by molar-refractivity contribution is 7.22. The van der Waals surface area contributed by atoms with Crippen molar-refractivity contribution in [3.8, 4) is 27.6 Å². The molecule has 5 aromatic rings. The Morgan fingerprint density at radius 1 is 1.00 bits per heavy atom. The van der Waals surface area contributed by atoms with Crippen molar-refractivity contribution < 1.29 is 4.79 Å². The summed E-state index contributed by atoms with van der Waals surface area (Å²) < 4.78 is 0.909. The van der Waals surface area contributed by atoms with Crippen molar-refractivity contribution in [1.29, 1.82) is 5.26 Å². The maximum atomic E-state index is 12.7. The molecule has 5 nitrogen and oxygen atoms in total. The molecule has 0 radical (unpaired) electrons. The zero-order valence-electron chi connectivity index (χ0n) is 17.1. The van der Waals surface area contributed by atoms with Crippen molar-refractivity contribution in [3.05, 3.63) is 101 Å². The van der Waals surface area contributed by atoms with Gasteiger partial charge in [-0.2, -0.15) is 5.26 Å². The van der Waals surface area contributed by atoms with Crippen molar-refractivity contribution in [3.63, 3.8) is 0 Å². The van der Waals surface area contributed by atoms with Crippen LogP contribution < -0.4 is 5.32 Å². The van der Waals surface area contributed by atoms with Crippen LogP contribution in [0.25, 0.3) is 31.8 Å². The first-order valence-electron chi connectivity index (χ1n) is 10.0. The molecule has 1 amide bonds. The minimum Gasteiger partial charge on any atom is -0.322 e. The molecule has 0 saturated heterocycles. The molecule has 0 fully saturated rings. The number of thiophene rings is 1. The SMILES string of the molecule is N#Cc1cnc2cc(-c3cccnc3)sc2c1-c1cccc(NC(=O)c2cccc(Cl)c2)c1. The third-order valence-electron chi connectivity index (χ3n) is 5.10. The first-order chi connectivity index (χ1) is 16.1. The second-order valence-electron chi connectivity index (χ2n) is 7.27. The van der Waals surface area contributed by atoms with Gasteiger partial charge in [-0.05, 0) is 48.0 Å². The van der Waals surface area contributed by atoms with E-state index in [1.165, 1.54) is 0 Å². The van der Waals surface area contributed by atoms with E-state index < -0.39 is 0 Å². The molecule has 158 valence electrons. The molecule has 1 N–H and O–H groups in total. The standard InChI is InChI=1S/C26H15ClN4OS/c27-20-7-1-5-17(10-20)26(32)31-21-8-2-4-16(11-21)24-19(13-28)15-30-22-12-23(33-25(22)24)18-6-3-9-29-14-18/h1-12,14-15H,(H,31,32). The Kier molecular flexibility index (Phi) is 5.57. The van der Waals surface area contributed by atoms with E-state index in [9.17, 15) is 10.1 Å². The smallest absolute Gasteiger partial charge is 0.255 e. The van der Waals surface area contributed by atoms with Crippen LogP contribution in [-0.4, -0.2) is 15.9 Å². The van der Waals surface area contributed by atoms with Crippen molar-refractivity contribution in [2.75, 3.05) is 5.32 Å². The maximum Gasteiger partial charge on any atom is 0.255 e. The van der Waals surface area contributed by atoms with Crippen LogP contribution >= 0.6 is 22.9 Å². The predicted octanol–water partition coefficient (Wildman–Crippen LogP) is 6.80. The number of hydrogen-bond donors (Lipinski definition) is 1. The molecule has 0 saturated carbocycles. The van der Waals surface area contributed by atoms with E-state index in [1.807, 2.05) is 48.7 Å². The molecular formula is C26H15ClN4OS. The lowest BCUT2D eigenvalue weighted by Crippen LogP contribution is -2.11. The summed E-state index contributed by atoms with van der Waals surface area (Å²) in [7, 11) is 0. The number of amides is 1. The molecule has 0 aliphatic carbocycles. The van der Waals surface area contributed by atoms with Crippen LogP contribution in [0.15, 0.2) is 85.3 Å². The molecule has 33 heavy (non-hydrogen) atoms. The van der Waals surface area contributed by atoms with E-state index in [1.54, 1.807) is 48.0 Å². The van der Waals surface area contributed by atoms with Crippen LogP contribution in [0.2, 0.25) is 5.02 Å². The molecule has 0 aliphatic rings. The molecule has 7 heteroatoms. The van der Waals surface area contributed by atoms with Gasteiger partial charge in [-0.1, -0.05) is 35.9 Å². The fourth-order valence-electron chi connectivity index (χ4n) is 3.58. The molecule has 3 heterocycles. The highest BCUT2D eigenvalue weighted by atomic mass is 35.5. The Morgan fingerprint density at radius 2 is 1.85 bits per heavy atom. The molecule has 0 aliphatic heterocycles. The van der Waals surface area contributed by atoms with Gasteiger partial charge >= 0.3 is 0 Å². The largest absolute Gasteiger partial charge is 0.322 e. The summed E-state index contributed by atoms with van der Waals surface area (Å²) in [5, 5.41) is 13.2. The molecule has 0 bridgehead atoms. The Labute approximate surface area is 199 Å². The number of nitrogens with zero attached hydrogens (tertiary/aromatic N) is 3. The summed E-state index contributed by atoms with van der Waals surface area (Å²) in [6.45, 7) is 0. The number of pyridine rings is 2. The summed E-state index contributed by atoms with van der Waals surface area (Å²) in [5.74, 6) is -0.259. The number of benzene rings is 2. The van der Waals surface area contributed by atoms with Crippen LogP contribution in [-0.2, 0) is 0 Å². The zero-order chi connectivity index (χ0) is 22.8. The Hall–Kier alpha value is -4.05. The minimum atomic E-state index is -0.259. The number of carbonyl (C=O) groups excluding carboxylic acids is 1. The number of nitriles is 1. The van der Waals surface area contributed by atoms with Crippen molar-refractivity contribution in [2.24, 2.45) is 0 Å².